The van der Waals surface area contributed by atoms with Crippen LogP contribution in [0.15, 0.2) is 54.6 Å². The lowest BCUT2D eigenvalue weighted by Gasteiger charge is -2.44. The molecule has 2 heterocycles. The second-order valence-electron chi connectivity index (χ2n) is 8.35. The second kappa shape index (κ2) is 6.90. The minimum Gasteiger partial charge on any atom is -0.496 e. The van der Waals surface area contributed by atoms with Gasteiger partial charge >= 0.3 is 0 Å². The van der Waals surface area contributed by atoms with Gasteiger partial charge in [-0.3, -0.25) is 9.59 Å². The van der Waals surface area contributed by atoms with E-state index >= 15 is 0 Å². The number of benzene rings is 2. The number of carbonyl (C=O) groups is 2. The lowest BCUT2D eigenvalue weighted by Crippen LogP contribution is -2.64. The van der Waals surface area contributed by atoms with Gasteiger partial charge in [-0.2, -0.15) is 0 Å². The fourth-order valence-corrected chi connectivity index (χ4v) is 4.59. The zero-order valence-corrected chi connectivity index (χ0v) is 17.2. The Kier molecular flexibility index (Phi) is 4.31. The molecule has 154 valence electrons. The molecule has 1 fully saturated rings. The Labute approximate surface area is 175 Å². The minimum absolute atomic E-state index is 0.0603. The van der Waals surface area contributed by atoms with Crippen molar-refractivity contribution in [2.75, 3.05) is 7.11 Å². The van der Waals surface area contributed by atoms with E-state index < -0.39 is 5.54 Å². The van der Waals surface area contributed by atoms with Crippen LogP contribution in [0.1, 0.15) is 35.8 Å². The highest BCUT2D eigenvalue weighted by Crippen LogP contribution is 2.40. The average molecular weight is 403 g/mol. The van der Waals surface area contributed by atoms with Crippen molar-refractivity contribution in [2.45, 2.75) is 44.4 Å². The lowest BCUT2D eigenvalue weighted by atomic mass is 9.94. The molecule has 0 saturated heterocycles. The molecular formula is C24H25N3O3. The zero-order chi connectivity index (χ0) is 20.9. The molecule has 0 spiro atoms. The fraction of sp³-hybridized carbons (Fsp3) is 0.333. The van der Waals surface area contributed by atoms with Crippen molar-refractivity contribution in [3.63, 3.8) is 0 Å². The van der Waals surface area contributed by atoms with Gasteiger partial charge in [0.2, 0.25) is 5.91 Å². The summed E-state index contributed by atoms with van der Waals surface area (Å²) in [6, 6.07) is 17.7. The Balaban J connectivity index is 1.49. The van der Waals surface area contributed by atoms with E-state index in [0.29, 0.717) is 18.8 Å². The average Bonchev–Trinajstić information content (AvgIpc) is 3.52. The summed E-state index contributed by atoms with van der Waals surface area (Å²) in [4.78, 5) is 28.8. The number of fused-ring (bicyclic) bond motifs is 3. The van der Waals surface area contributed by atoms with Crippen molar-refractivity contribution in [3.05, 3.63) is 65.9 Å². The first-order chi connectivity index (χ1) is 14.5. The van der Waals surface area contributed by atoms with Crippen LogP contribution in [0.25, 0.3) is 10.9 Å². The van der Waals surface area contributed by atoms with Gasteiger partial charge in [0, 0.05) is 29.1 Å². The Morgan fingerprint density at radius 3 is 2.67 bits per heavy atom. The number of rotatable bonds is 5. The molecule has 30 heavy (non-hydrogen) atoms. The summed E-state index contributed by atoms with van der Waals surface area (Å²) in [5, 5.41) is 4.09. The molecule has 1 aromatic heterocycles. The molecule has 2 aromatic carbocycles. The summed E-state index contributed by atoms with van der Waals surface area (Å²) in [6.45, 7) is 2.68. The van der Waals surface area contributed by atoms with Crippen molar-refractivity contribution < 1.29 is 14.3 Å². The van der Waals surface area contributed by atoms with Crippen LogP contribution in [0.2, 0.25) is 0 Å². The van der Waals surface area contributed by atoms with Gasteiger partial charge in [0.25, 0.3) is 5.91 Å². The van der Waals surface area contributed by atoms with Gasteiger partial charge in [0.15, 0.2) is 0 Å². The smallest absolute Gasteiger partial charge is 0.271 e. The van der Waals surface area contributed by atoms with Gasteiger partial charge in [-0.05, 0) is 38.0 Å². The highest BCUT2D eigenvalue weighted by molar-refractivity contribution is 6.04. The molecule has 1 unspecified atom stereocenters. The third-order valence-electron chi connectivity index (χ3n) is 6.28. The largest absolute Gasteiger partial charge is 0.496 e. The molecule has 0 radical (unpaired) electrons. The van der Waals surface area contributed by atoms with Crippen molar-refractivity contribution >= 4 is 22.7 Å². The third-order valence-corrected chi connectivity index (χ3v) is 6.28. The fourth-order valence-electron chi connectivity index (χ4n) is 4.59. The number of nitrogens with zero attached hydrogens (tertiary/aromatic N) is 2. The molecule has 5 rings (SSSR count). The quantitative estimate of drug-likeness (QED) is 0.711. The Morgan fingerprint density at radius 1 is 1.17 bits per heavy atom. The summed E-state index contributed by atoms with van der Waals surface area (Å²) in [6.07, 6.45) is 1.89. The number of amides is 2. The third kappa shape index (κ3) is 2.86. The van der Waals surface area contributed by atoms with E-state index in [4.69, 9.17) is 4.74 Å². The van der Waals surface area contributed by atoms with E-state index in [-0.39, 0.29) is 17.9 Å². The van der Waals surface area contributed by atoms with Crippen molar-refractivity contribution in [2.24, 2.45) is 0 Å². The highest BCUT2D eigenvalue weighted by Gasteiger charge is 2.52. The maximum atomic E-state index is 13.5. The Hall–Kier alpha value is -3.28. The lowest BCUT2D eigenvalue weighted by molar-refractivity contribution is -0.133. The van der Waals surface area contributed by atoms with Crippen LogP contribution in [-0.4, -0.2) is 40.0 Å². The zero-order valence-electron chi connectivity index (χ0n) is 17.2. The van der Waals surface area contributed by atoms with Crippen LogP contribution >= 0.6 is 0 Å². The Bertz CT molecular complexity index is 1150. The summed E-state index contributed by atoms with van der Waals surface area (Å²) in [5.74, 6) is 0.535. The molecule has 2 amide bonds. The van der Waals surface area contributed by atoms with E-state index in [1.54, 1.807) is 7.11 Å². The molecule has 1 aliphatic carbocycles. The minimum atomic E-state index is -0.949. The summed E-state index contributed by atoms with van der Waals surface area (Å²) < 4.78 is 7.40. The van der Waals surface area contributed by atoms with E-state index in [1.165, 1.54) is 0 Å². The molecule has 0 bridgehead atoms. The van der Waals surface area contributed by atoms with Gasteiger partial charge in [0.05, 0.1) is 13.7 Å². The predicted octanol–water partition coefficient (Wildman–Crippen LogP) is 3.34. The van der Waals surface area contributed by atoms with Crippen molar-refractivity contribution in [3.8, 4) is 5.75 Å². The molecule has 1 atom stereocenters. The molecule has 1 N–H and O–H groups in total. The number of nitrogens with one attached hydrogen (secondary N) is 1. The van der Waals surface area contributed by atoms with Crippen LogP contribution in [0.4, 0.5) is 0 Å². The maximum absolute atomic E-state index is 13.5. The van der Waals surface area contributed by atoms with Gasteiger partial charge < -0.3 is 19.5 Å². The van der Waals surface area contributed by atoms with Crippen LogP contribution < -0.4 is 10.1 Å². The normalized spacial score (nSPS) is 20.9. The topological polar surface area (TPSA) is 63.6 Å². The van der Waals surface area contributed by atoms with E-state index in [0.717, 1.165) is 35.1 Å². The van der Waals surface area contributed by atoms with Gasteiger partial charge in [-0.15, -0.1) is 0 Å². The molecule has 1 aliphatic heterocycles. The number of carbonyl (C=O) groups excluding carboxylic acids is 2. The molecule has 2 aliphatic rings. The standard InChI is InChI=1S/C24H25N3O3/c1-24(23(29)25-14-17-8-4-6-10-21(17)30-2)15-26-19-9-5-3-7-16(19)13-20(26)22(28)27(24)18-11-12-18/h3-10,13,18H,11-12,14-15H2,1-2H3,(H,25,29). The SMILES string of the molecule is COc1ccccc1CNC(=O)C1(C)Cn2c(cc3ccccc32)C(=O)N1C1CC1. The predicted molar refractivity (Wildman–Crippen MR) is 114 cm³/mol. The first-order valence-corrected chi connectivity index (χ1v) is 10.3. The van der Waals surface area contributed by atoms with E-state index in [2.05, 4.69) is 5.32 Å². The van der Waals surface area contributed by atoms with Gasteiger partial charge in [0.1, 0.15) is 17.0 Å². The van der Waals surface area contributed by atoms with E-state index in [1.807, 2.05) is 71.0 Å². The first-order valence-electron chi connectivity index (χ1n) is 10.3. The first kappa shape index (κ1) is 18.7. The monoisotopic (exact) mass is 403 g/mol. The number of methoxy groups -OCH3 is 1. The van der Waals surface area contributed by atoms with Gasteiger partial charge in [-0.25, -0.2) is 0 Å². The van der Waals surface area contributed by atoms with Crippen LogP contribution in [0.3, 0.4) is 0 Å². The Morgan fingerprint density at radius 2 is 1.90 bits per heavy atom. The second-order valence-corrected chi connectivity index (χ2v) is 8.35. The summed E-state index contributed by atoms with van der Waals surface area (Å²) in [5.41, 5.74) is 1.61. The molecular weight excluding hydrogens is 378 g/mol. The van der Waals surface area contributed by atoms with Crippen LogP contribution in [0, 0.1) is 0 Å². The number of ether oxygens (including phenoxy) is 1. The maximum Gasteiger partial charge on any atom is 0.271 e. The summed E-state index contributed by atoms with van der Waals surface area (Å²) in [7, 11) is 1.62. The number of hydrogen-bond acceptors (Lipinski definition) is 3. The van der Waals surface area contributed by atoms with Gasteiger partial charge in [-0.1, -0.05) is 36.4 Å². The van der Waals surface area contributed by atoms with Crippen molar-refractivity contribution in [1.82, 2.24) is 14.8 Å². The number of para-hydroxylation sites is 2. The summed E-state index contributed by atoms with van der Waals surface area (Å²) >= 11 is 0. The van der Waals surface area contributed by atoms with E-state index in [9.17, 15) is 9.59 Å². The number of hydrogen-bond donors (Lipinski definition) is 1. The molecule has 1 saturated carbocycles. The highest BCUT2D eigenvalue weighted by atomic mass is 16.5. The molecule has 6 heteroatoms. The van der Waals surface area contributed by atoms with Crippen LogP contribution in [-0.2, 0) is 17.9 Å². The number of aromatic nitrogens is 1. The molecule has 6 nitrogen and oxygen atoms in total. The van der Waals surface area contributed by atoms with Crippen LogP contribution in [0.5, 0.6) is 5.75 Å². The van der Waals surface area contributed by atoms with Crippen molar-refractivity contribution in [1.29, 1.82) is 0 Å². The molecule has 3 aromatic rings.